The van der Waals surface area contributed by atoms with E-state index < -0.39 is 19.7 Å². The van der Waals surface area contributed by atoms with Gasteiger partial charge in [0.2, 0.25) is 0 Å². The molecule has 3 aromatic carbocycles. The first-order valence-electron chi connectivity index (χ1n) is 10.6. The molecule has 0 bridgehead atoms. The van der Waals surface area contributed by atoms with Crippen LogP contribution in [0.1, 0.15) is 0 Å². The van der Waals surface area contributed by atoms with E-state index in [-0.39, 0.29) is 9.79 Å². The van der Waals surface area contributed by atoms with Crippen LogP contribution in [0.3, 0.4) is 0 Å². The maximum absolute atomic E-state index is 11.7. The quantitative estimate of drug-likeness (QED) is 0.346. The van der Waals surface area contributed by atoms with Gasteiger partial charge in [-0.3, -0.25) is 10.2 Å². The Labute approximate surface area is 207 Å². The number of benzene rings is 3. The van der Waals surface area contributed by atoms with Crippen molar-refractivity contribution in [1.82, 2.24) is 30.4 Å². The van der Waals surface area contributed by atoms with Crippen molar-refractivity contribution in [2.45, 2.75) is 9.79 Å². The summed E-state index contributed by atoms with van der Waals surface area (Å²) in [5.74, 6) is 1.94. The molecule has 0 spiro atoms. The standard InChI is InChI=1S/C24H20N6O4S2/c1-35(31,32)19-10-6-15(7-11-19)21-25-23(29-27-21)17-4-3-5-18(14-17)24-26-22(28-30-24)16-8-12-20(13-9-16)36(2,33)34/h3-14H,1-2H3,(H,25,27,29)(H,26,28,30). The molecule has 0 unspecified atom stereocenters. The van der Waals surface area contributed by atoms with E-state index in [0.717, 1.165) is 23.6 Å². The Bertz CT molecular complexity index is 1640. The van der Waals surface area contributed by atoms with Crippen LogP contribution in [-0.2, 0) is 19.7 Å². The summed E-state index contributed by atoms with van der Waals surface area (Å²) in [6.45, 7) is 0. The van der Waals surface area contributed by atoms with Gasteiger partial charge >= 0.3 is 0 Å². The predicted octanol–water partition coefficient (Wildman–Crippen LogP) is 3.40. The third-order valence-electron chi connectivity index (χ3n) is 5.46. The van der Waals surface area contributed by atoms with Crippen LogP contribution in [0.15, 0.2) is 82.6 Å². The van der Waals surface area contributed by atoms with E-state index in [0.29, 0.717) is 34.4 Å². The van der Waals surface area contributed by atoms with E-state index in [1.165, 1.54) is 24.3 Å². The number of sulfone groups is 2. The van der Waals surface area contributed by atoms with E-state index >= 15 is 0 Å². The first-order valence-corrected chi connectivity index (χ1v) is 14.4. The van der Waals surface area contributed by atoms with Crippen molar-refractivity contribution in [1.29, 1.82) is 0 Å². The van der Waals surface area contributed by atoms with Crippen molar-refractivity contribution in [3.8, 4) is 45.6 Å². The number of hydrogen-bond acceptors (Lipinski definition) is 8. The van der Waals surface area contributed by atoms with Gasteiger partial charge in [0.15, 0.2) is 43.0 Å². The highest BCUT2D eigenvalue weighted by molar-refractivity contribution is 7.91. The van der Waals surface area contributed by atoms with Gasteiger partial charge in [-0.25, -0.2) is 26.8 Å². The van der Waals surface area contributed by atoms with Gasteiger partial charge < -0.3 is 0 Å². The van der Waals surface area contributed by atoms with Gasteiger partial charge in [-0.05, 0) is 54.6 Å². The fourth-order valence-corrected chi connectivity index (χ4v) is 4.82. The van der Waals surface area contributed by atoms with Crippen molar-refractivity contribution in [3.05, 3.63) is 72.8 Å². The van der Waals surface area contributed by atoms with Gasteiger partial charge in [0, 0.05) is 34.8 Å². The Hall–Kier alpha value is -4.16. The first kappa shape index (κ1) is 23.6. The molecule has 0 aliphatic carbocycles. The summed E-state index contributed by atoms with van der Waals surface area (Å²) < 4.78 is 46.7. The molecule has 0 amide bonds. The fraction of sp³-hybridized carbons (Fsp3) is 0.0833. The van der Waals surface area contributed by atoms with E-state index in [9.17, 15) is 16.8 Å². The highest BCUT2D eigenvalue weighted by Gasteiger charge is 2.14. The lowest BCUT2D eigenvalue weighted by molar-refractivity contribution is 0.600. The van der Waals surface area contributed by atoms with Crippen LogP contribution in [0, 0.1) is 0 Å². The van der Waals surface area contributed by atoms with Crippen molar-refractivity contribution in [3.63, 3.8) is 0 Å². The molecule has 0 aliphatic heterocycles. The summed E-state index contributed by atoms with van der Waals surface area (Å²) in [6.07, 6.45) is 2.32. The minimum atomic E-state index is -3.28. The summed E-state index contributed by atoms with van der Waals surface area (Å²) in [5, 5.41) is 14.4. The molecule has 5 aromatic rings. The summed E-state index contributed by atoms with van der Waals surface area (Å²) in [5.41, 5.74) is 2.90. The Balaban J connectivity index is 1.39. The maximum atomic E-state index is 11.7. The Kier molecular flexibility index (Phi) is 5.77. The second kappa shape index (κ2) is 8.81. The van der Waals surface area contributed by atoms with E-state index in [2.05, 4.69) is 30.4 Å². The van der Waals surface area contributed by atoms with Gasteiger partial charge in [0.05, 0.1) is 9.79 Å². The van der Waals surface area contributed by atoms with Crippen molar-refractivity contribution >= 4 is 19.7 Å². The lowest BCUT2D eigenvalue weighted by atomic mass is 10.1. The summed E-state index contributed by atoms with van der Waals surface area (Å²) >= 11 is 0. The van der Waals surface area contributed by atoms with Crippen LogP contribution in [-0.4, -0.2) is 59.7 Å². The molecule has 2 N–H and O–H groups in total. The van der Waals surface area contributed by atoms with Crippen LogP contribution in [0.25, 0.3) is 45.6 Å². The van der Waals surface area contributed by atoms with Crippen molar-refractivity contribution in [2.75, 3.05) is 12.5 Å². The summed E-state index contributed by atoms with van der Waals surface area (Å²) in [6, 6.07) is 20.3. The second-order valence-corrected chi connectivity index (χ2v) is 12.2. The van der Waals surface area contributed by atoms with Gasteiger partial charge in [0.25, 0.3) is 0 Å². The molecule has 182 valence electrons. The molecular weight excluding hydrogens is 500 g/mol. The Morgan fingerprint density at radius 2 is 0.944 bits per heavy atom. The van der Waals surface area contributed by atoms with Crippen LogP contribution >= 0.6 is 0 Å². The largest absolute Gasteiger partial charge is 0.259 e. The third kappa shape index (κ3) is 4.81. The molecule has 0 fully saturated rings. The molecule has 0 radical (unpaired) electrons. The number of H-pyrrole nitrogens is 2. The topological polar surface area (TPSA) is 151 Å². The Morgan fingerprint density at radius 1 is 0.556 bits per heavy atom. The molecule has 10 nitrogen and oxygen atoms in total. The van der Waals surface area contributed by atoms with Crippen LogP contribution in [0.4, 0.5) is 0 Å². The number of hydrogen-bond donors (Lipinski definition) is 2. The number of nitrogens with one attached hydrogen (secondary N) is 2. The number of aromatic amines is 2. The van der Waals surface area contributed by atoms with E-state index in [1.807, 2.05) is 24.3 Å². The minimum Gasteiger partial charge on any atom is -0.259 e. The zero-order chi connectivity index (χ0) is 25.5. The number of rotatable bonds is 6. The molecule has 36 heavy (non-hydrogen) atoms. The molecular formula is C24H20N6O4S2. The predicted molar refractivity (Wildman–Crippen MR) is 134 cm³/mol. The van der Waals surface area contributed by atoms with Crippen LogP contribution in [0.2, 0.25) is 0 Å². The SMILES string of the molecule is CS(=O)(=O)c1ccc(-c2nc(-c3cccc(-c4n[nH]c(-c5ccc(S(C)(=O)=O)cc5)n4)c3)n[nH]2)cc1. The zero-order valence-electron chi connectivity index (χ0n) is 19.2. The van der Waals surface area contributed by atoms with Gasteiger partial charge in [-0.1, -0.05) is 18.2 Å². The van der Waals surface area contributed by atoms with Crippen molar-refractivity contribution < 1.29 is 16.8 Å². The molecule has 0 saturated heterocycles. The summed E-state index contributed by atoms with van der Waals surface area (Å²) in [4.78, 5) is 9.55. The molecule has 0 atom stereocenters. The van der Waals surface area contributed by atoms with Crippen molar-refractivity contribution in [2.24, 2.45) is 0 Å². The van der Waals surface area contributed by atoms with Gasteiger partial charge in [0.1, 0.15) is 0 Å². The maximum Gasteiger partial charge on any atom is 0.181 e. The third-order valence-corrected chi connectivity index (χ3v) is 7.72. The highest BCUT2D eigenvalue weighted by atomic mass is 32.2. The smallest absolute Gasteiger partial charge is 0.181 e. The fourth-order valence-electron chi connectivity index (χ4n) is 3.56. The second-order valence-electron chi connectivity index (χ2n) is 8.19. The molecule has 0 saturated carbocycles. The molecule has 2 aromatic heterocycles. The lowest BCUT2D eigenvalue weighted by Crippen LogP contribution is -1.96. The normalized spacial score (nSPS) is 12.1. The minimum absolute atomic E-state index is 0.232. The van der Waals surface area contributed by atoms with Gasteiger partial charge in [-0.15, -0.1) is 0 Å². The molecule has 2 heterocycles. The summed E-state index contributed by atoms with van der Waals surface area (Å²) in [7, 11) is -6.56. The molecule has 12 heteroatoms. The lowest BCUT2D eigenvalue weighted by Gasteiger charge is -2.00. The van der Waals surface area contributed by atoms with E-state index in [1.54, 1.807) is 24.3 Å². The monoisotopic (exact) mass is 520 g/mol. The zero-order valence-corrected chi connectivity index (χ0v) is 20.8. The number of nitrogens with zero attached hydrogens (tertiary/aromatic N) is 4. The average molecular weight is 521 g/mol. The number of aromatic nitrogens is 6. The van der Waals surface area contributed by atoms with Crippen LogP contribution in [0.5, 0.6) is 0 Å². The first-order chi connectivity index (χ1) is 17.1. The Morgan fingerprint density at radius 3 is 1.31 bits per heavy atom. The molecule has 5 rings (SSSR count). The van der Waals surface area contributed by atoms with Crippen LogP contribution < -0.4 is 0 Å². The van der Waals surface area contributed by atoms with Gasteiger partial charge in [-0.2, -0.15) is 10.2 Å². The van der Waals surface area contributed by atoms with E-state index in [4.69, 9.17) is 0 Å². The molecule has 0 aliphatic rings. The highest BCUT2D eigenvalue weighted by Crippen LogP contribution is 2.26. The average Bonchev–Trinajstić information content (AvgIpc) is 3.54.